The summed E-state index contributed by atoms with van der Waals surface area (Å²) < 4.78 is 13.5. The lowest BCUT2D eigenvalue weighted by atomic mass is 9.80. The summed E-state index contributed by atoms with van der Waals surface area (Å²) in [5, 5.41) is 3.80. The van der Waals surface area contributed by atoms with E-state index in [0.717, 1.165) is 18.0 Å². The van der Waals surface area contributed by atoms with Crippen molar-refractivity contribution < 1.29 is 4.39 Å². The molecule has 2 fully saturated rings. The number of hydrogen-bond acceptors (Lipinski definition) is 1. The fourth-order valence-electron chi connectivity index (χ4n) is 3.43. The van der Waals surface area contributed by atoms with Gasteiger partial charge in [-0.05, 0) is 62.3 Å². The van der Waals surface area contributed by atoms with Gasteiger partial charge in [0.05, 0.1) is 0 Å². The first kappa shape index (κ1) is 12.2. The van der Waals surface area contributed by atoms with Crippen LogP contribution in [-0.4, -0.2) is 6.54 Å². The number of halogens is 1. The van der Waals surface area contributed by atoms with Crippen LogP contribution in [0.4, 0.5) is 4.39 Å². The summed E-state index contributed by atoms with van der Waals surface area (Å²) in [5.74, 6) is 0.679. The summed E-state index contributed by atoms with van der Waals surface area (Å²) >= 11 is 0. The lowest BCUT2D eigenvalue weighted by Crippen LogP contribution is -2.44. The molecule has 1 aliphatic carbocycles. The van der Waals surface area contributed by atoms with Gasteiger partial charge < -0.3 is 5.32 Å². The largest absolute Gasteiger partial charge is 0.307 e. The molecule has 3 rings (SSSR count). The second-order valence-electron chi connectivity index (χ2n) is 5.95. The molecule has 1 N–H and O–H groups in total. The Balaban J connectivity index is 1.99. The highest BCUT2D eigenvalue weighted by Gasteiger charge is 2.46. The van der Waals surface area contributed by atoms with E-state index >= 15 is 0 Å². The summed E-state index contributed by atoms with van der Waals surface area (Å²) in [6, 6.07) is 5.70. The molecule has 98 valence electrons. The van der Waals surface area contributed by atoms with E-state index in [-0.39, 0.29) is 11.4 Å². The molecule has 0 spiro atoms. The van der Waals surface area contributed by atoms with Crippen LogP contribution in [0, 0.1) is 18.7 Å². The second kappa shape index (κ2) is 4.65. The predicted octanol–water partition coefficient (Wildman–Crippen LogP) is 3.90. The van der Waals surface area contributed by atoms with Crippen LogP contribution in [0.3, 0.4) is 0 Å². The third kappa shape index (κ3) is 2.07. The molecule has 0 aromatic heterocycles. The predicted molar refractivity (Wildman–Crippen MR) is 72.0 cm³/mol. The van der Waals surface area contributed by atoms with Crippen LogP contribution >= 0.6 is 0 Å². The highest BCUT2D eigenvalue weighted by atomic mass is 19.1. The standard InChI is InChI=1S/C16H22FN/c1-12-11-14(7-8-15(12)17)16(13-5-6-13)9-3-2-4-10-18-16/h7-8,11,13,18H,2-6,9-10H2,1H3. The van der Waals surface area contributed by atoms with E-state index in [1.165, 1.54) is 44.1 Å². The van der Waals surface area contributed by atoms with E-state index < -0.39 is 0 Å². The van der Waals surface area contributed by atoms with Crippen molar-refractivity contribution in [2.45, 2.75) is 51.0 Å². The van der Waals surface area contributed by atoms with Crippen molar-refractivity contribution in [3.8, 4) is 0 Å². The van der Waals surface area contributed by atoms with Gasteiger partial charge in [-0.2, -0.15) is 0 Å². The molecule has 1 atom stereocenters. The van der Waals surface area contributed by atoms with Crippen molar-refractivity contribution in [2.24, 2.45) is 5.92 Å². The Labute approximate surface area is 109 Å². The summed E-state index contributed by atoms with van der Waals surface area (Å²) in [7, 11) is 0. The molecule has 2 aliphatic rings. The highest BCUT2D eigenvalue weighted by molar-refractivity contribution is 5.32. The smallest absolute Gasteiger partial charge is 0.126 e. The van der Waals surface area contributed by atoms with Gasteiger partial charge in [-0.1, -0.05) is 25.0 Å². The zero-order valence-electron chi connectivity index (χ0n) is 11.1. The van der Waals surface area contributed by atoms with Crippen molar-refractivity contribution in [2.75, 3.05) is 6.54 Å². The van der Waals surface area contributed by atoms with Gasteiger partial charge in [0.2, 0.25) is 0 Å². The van der Waals surface area contributed by atoms with Crippen LogP contribution in [0.5, 0.6) is 0 Å². The van der Waals surface area contributed by atoms with E-state index in [4.69, 9.17) is 0 Å². The maximum atomic E-state index is 13.5. The van der Waals surface area contributed by atoms with Crippen LogP contribution in [0.2, 0.25) is 0 Å². The number of hydrogen-bond donors (Lipinski definition) is 1. The molecule has 1 aliphatic heterocycles. The summed E-state index contributed by atoms with van der Waals surface area (Å²) in [5.41, 5.74) is 2.22. The number of aryl methyl sites for hydroxylation is 1. The van der Waals surface area contributed by atoms with E-state index in [0.29, 0.717) is 0 Å². The van der Waals surface area contributed by atoms with Gasteiger partial charge >= 0.3 is 0 Å². The molecule has 1 aromatic rings. The highest BCUT2D eigenvalue weighted by Crippen LogP contribution is 2.49. The quantitative estimate of drug-likeness (QED) is 0.835. The van der Waals surface area contributed by atoms with Crippen molar-refractivity contribution >= 4 is 0 Å². The first-order chi connectivity index (χ1) is 8.72. The average Bonchev–Trinajstić information content (AvgIpc) is 3.17. The third-order valence-corrected chi connectivity index (χ3v) is 4.64. The summed E-state index contributed by atoms with van der Waals surface area (Å²) in [6.07, 6.45) is 7.74. The fraction of sp³-hybridized carbons (Fsp3) is 0.625. The molecule has 1 aromatic carbocycles. The second-order valence-corrected chi connectivity index (χ2v) is 5.95. The summed E-state index contributed by atoms with van der Waals surface area (Å²) in [6.45, 7) is 2.98. The van der Waals surface area contributed by atoms with Crippen molar-refractivity contribution in [3.05, 3.63) is 35.1 Å². The SMILES string of the molecule is Cc1cc(C2(C3CC3)CCCCCN2)ccc1F. The molecule has 1 saturated carbocycles. The average molecular weight is 247 g/mol. The number of nitrogens with one attached hydrogen (secondary N) is 1. The maximum absolute atomic E-state index is 13.5. The fourth-order valence-corrected chi connectivity index (χ4v) is 3.43. The molecule has 1 saturated heterocycles. The molecule has 1 heterocycles. The lowest BCUT2D eigenvalue weighted by molar-refractivity contribution is 0.278. The van der Waals surface area contributed by atoms with Gasteiger partial charge in [0.1, 0.15) is 5.82 Å². The molecule has 0 bridgehead atoms. The Morgan fingerprint density at radius 2 is 2.06 bits per heavy atom. The van der Waals surface area contributed by atoms with E-state index in [9.17, 15) is 4.39 Å². The molecular weight excluding hydrogens is 225 g/mol. The Morgan fingerprint density at radius 3 is 2.78 bits per heavy atom. The maximum Gasteiger partial charge on any atom is 0.126 e. The molecule has 1 nitrogen and oxygen atoms in total. The zero-order valence-corrected chi connectivity index (χ0v) is 11.1. The third-order valence-electron chi connectivity index (χ3n) is 4.64. The molecule has 2 heteroatoms. The Morgan fingerprint density at radius 1 is 1.22 bits per heavy atom. The lowest BCUT2D eigenvalue weighted by Gasteiger charge is -2.35. The number of benzene rings is 1. The van der Waals surface area contributed by atoms with Gasteiger partial charge in [-0.25, -0.2) is 4.39 Å². The van der Waals surface area contributed by atoms with Crippen LogP contribution in [-0.2, 0) is 5.54 Å². The minimum atomic E-state index is -0.0849. The Bertz CT molecular complexity index is 429. The van der Waals surface area contributed by atoms with Crippen LogP contribution < -0.4 is 5.32 Å². The zero-order chi connectivity index (χ0) is 12.6. The molecule has 0 radical (unpaired) electrons. The minimum Gasteiger partial charge on any atom is -0.307 e. The Kier molecular flexibility index (Phi) is 3.14. The molecular formula is C16H22FN. The Hall–Kier alpha value is -0.890. The van der Waals surface area contributed by atoms with E-state index in [1.807, 2.05) is 13.0 Å². The van der Waals surface area contributed by atoms with Gasteiger partial charge in [-0.3, -0.25) is 0 Å². The topological polar surface area (TPSA) is 12.0 Å². The monoisotopic (exact) mass is 247 g/mol. The normalized spacial score (nSPS) is 29.0. The van der Waals surface area contributed by atoms with Gasteiger partial charge in [0.15, 0.2) is 0 Å². The van der Waals surface area contributed by atoms with E-state index in [2.05, 4.69) is 11.4 Å². The van der Waals surface area contributed by atoms with Crippen LogP contribution in [0.1, 0.15) is 49.7 Å². The first-order valence-electron chi connectivity index (χ1n) is 7.24. The molecule has 0 amide bonds. The van der Waals surface area contributed by atoms with Crippen molar-refractivity contribution in [1.29, 1.82) is 0 Å². The van der Waals surface area contributed by atoms with Gasteiger partial charge in [-0.15, -0.1) is 0 Å². The van der Waals surface area contributed by atoms with Gasteiger partial charge in [0.25, 0.3) is 0 Å². The molecule has 18 heavy (non-hydrogen) atoms. The summed E-state index contributed by atoms with van der Waals surface area (Å²) in [4.78, 5) is 0. The molecule has 1 unspecified atom stereocenters. The van der Waals surface area contributed by atoms with Crippen LogP contribution in [0.15, 0.2) is 18.2 Å². The minimum absolute atomic E-state index is 0.0849. The first-order valence-corrected chi connectivity index (χ1v) is 7.24. The number of rotatable bonds is 2. The van der Waals surface area contributed by atoms with Crippen LogP contribution in [0.25, 0.3) is 0 Å². The van der Waals surface area contributed by atoms with E-state index in [1.54, 1.807) is 6.07 Å². The van der Waals surface area contributed by atoms with Crippen molar-refractivity contribution in [3.63, 3.8) is 0 Å². The van der Waals surface area contributed by atoms with Gasteiger partial charge in [0, 0.05) is 5.54 Å². The van der Waals surface area contributed by atoms with Crippen molar-refractivity contribution in [1.82, 2.24) is 5.32 Å².